The molecule has 1 aromatic carbocycles. The van der Waals surface area contributed by atoms with Crippen LogP contribution in [0.2, 0.25) is 0 Å². The zero-order valence-corrected chi connectivity index (χ0v) is 15.5. The summed E-state index contributed by atoms with van der Waals surface area (Å²) in [6.45, 7) is 0.906. The minimum absolute atomic E-state index is 0.121. The molecule has 2 aromatic heterocycles. The SMILES string of the molecule is O=C1CCC(C(=O)NCCn2ncc3c(=O)n(Cc4ccc(F)cc4)cnc32)N1. The highest BCUT2D eigenvalue weighted by molar-refractivity contribution is 5.90. The van der Waals surface area contributed by atoms with E-state index in [0.717, 1.165) is 5.56 Å². The Kier molecular flexibility index (Phi) is 5.07. The number of carbonyl (C=O) groups excluding carboxylic acids is 2. The standard InChI is InChI=1S/C19H19FN6O3/c20-13-3-1-12(2-4-13)10-25-11-22-17-14(19(25)29)9-23-26(17)8-7-21-18(28)15-5-6-16(27)24-15/h1-4,9,11,15H,5-8,10H2,(H,21,28)(H,24,27). The fourth-order valence-electron chi connectivity index (χ4n) is 3.28. The first kappa shape index (κ1) is 18.8. The van der Waals surface area contributed by atoms with Crippen molar-refractivity contribution in [3.63, 3.8) is 0 Å². The summed E-state index contributed by atoms with van der Waals surface area (Å²) in [5.41, 5.74) is 0.959. The molecule has 0 spiro atoms. The first-order chi connectivity index (χ1) is 14.0. The average Bonchev–Trinajstić information content (AvgIpc) is 3.32. The molecule has 3 aromatic rings. The summed E-state index contributed by atoms with van der Waals surface area (Å²) in [7, 11) is 0. The van der Waals surface area contributed by atoms with Crippen LogP contribution >= 0.6 is 0 Å². The largest absolute Gasteiger partial charge is 0.352 e. The molecule has 1 saturated heterocycles. The van der Waals surface area contributed by atoms with Crippen molar-refractivity contribution in [2.24, 2.45) is 0 Å². The fourth-order valence-corrected chi connectivity index (χ4v) is 3.28. The number of hydrogen-bond donors (Lipinski definition) is 2. The van der Waals surface area contributed by atoms with E-state index in [0.29, 0.717) is 37.0 Å². The van der Waals surface area contributed by atoms with Crippen LogP contribution in [0.4, 0.5) is 4.39 Å². The first-order valence-corrected chi connectivity index (χ1v) is 9.24. The molecule has 150 valence electrons. The van der Waals surface area contributed by atoms with Crippen molar-refractivity contribution < 1.29 is 14.0 Å². The normalized spacial score (nSPS) is 16.2. The van der Waals surface area contributed by atoms with E-state index in [1.54, 1.807) is 16.8 Å². The molecule has 0 bridgehead atoms. The number of hydrogen-bond acceptors (Lipinski definition) is 5. The van der Waals surface area contributed by atoms with Gasteiger partial charge in [0.05, 0.1) is 19.3 Å². The zero-order valence-electron chi connectivity index (χ0n) is 15.5. The van der Waals surface area contributed by atoms with E-state index < -0.39 is 6.04 Å². The monoisotopic (exact) mass is 398 g/mol. The number of rotatable bonds is 6. The molecule has 29 heavy (non-hydrogen) atoms. The molecule has 1 unspecified atom stereocenters. The minimum Gasteiger partial charge on any atom is -0.352 e. The van der Waals surface area contributed by atoms with Crippen LogP contribution in [0.5, 0.6) is 0 Å². The van der Waals surface area contributed by atoms with Gasteiger partial charge in [0.1, 0.15) is 23.6 Å². The van der Waals surface area contributed by atoms with Crippen LogP contribution in [0.1, 0.15) is 18.4 Å². The third-order valence-corrected chi connectivity index (χ3v) is 4.82. The van der Waals surface area contributed by atoms with Crippen molar-refractivity contribution in [3.8, 4) is 0 Å². The van der Waals surface area contributed by atoms with Crippen LogP contribution in [0.15, 0.2) is 41.6 Å². The van der Waals surface area contributed by atoms with Crippen LogP contribution in [0, 0.1) is 5.82 Å². The quantitative estimate of drug-likeness (QED) is 0.615. The van der Waals surface area contributed by atoms with Gasteiger partial charge < -0.3 is 10.6 Å². The van der Waals surface area contributed by atoms with Gasteiger partial charge in [-0.1, -0.05) is 12.1 Å². The number of nitrogens with one attached hydrogen (secondary N) is 2. The van der Waals surface area contributed by atoms with Crippen LogP contribution in [0.25, 0.3) is 11.0 Å². The average molecular weight is 398 g/mol. The minimum atomic E-state index is -0.492. The number of benzene rings is 1. The van der Waals surface area contributed by atoms with Gasteiger partial charge in [0.2, 0.25) is 11.8 Å². The second-order valence-electron chi connectivity index (χ2n) is 6.86. The van der Waals surface area contributed by atoms with E-state index in [-0.39, 0.29) is 29.7 Å². The van der Waals surface area contributed by atoms with Gasteiger partial charge >= 0.3 is 0 Å². The van der Waals surface area contributed by atoms with Gasteiger partial charge in [0.15, 0.2) is 5.65 Å². The summed E-state index contributed by atoms with van der Waals surface area (Å²) in [6.07, 6.45) is 3.73. The summed E-state index contributed by atoms with van der Waals surface area (Å²) in [6, 6.07) is 5.43. The van der Waals surface area contributed by atoms with E-state index in [4.69, 9.17) is 0 Å². The van der Waals surface area contributed by atoms with Crippen molar-refractivity contribution >= 4 is 22.8 Å². The van der Waals surface area contributed by atoms with Crippen LogP contribution in [-0.2, 0) is 22.7 Å². The summed E-state index contributed by atoms with van der Waals surface area (Å²) >= 11 is 0. The molecule has 9 nitrogen and oxygen atoms in total. The molecule has 0 aliphatic carbocycles. The van der Waals surface area contributed by atoms with E-state index in [2.05, 4.69) is 20.7 Å². The van der Waals surface area contributed by atoms with E-state index in [9.17, 15) is 18.8 Å². The van der Waals surface area contributed by atoms with Crippen LogP contribution in [-0.4, -0.2) is 43.7 Å². The van der Waals surface area contributed by atoms with E-state index in [1.165, 1.54) is 29.2 Å². The second kappa shape index (κ2) is 7.82. The second-order valence-corrected chi connectivity index (χ2v) is 6.86. The lowest BCUT2D eigenvalue weighted by Gasteiger charge is -2.11. The maximum absolute atomic E-state index is 13.0. The Balaban J connectivity index is 1.43. The predicted molar refractivity (Wildman–Crippen MR) is 101 cm³/mol. The maximum Gasteiger partial charge on any atom is 0.264 e. The van der Waals surface area contributed by atoms with Gasteiger partial charge in [0.25, 0.3) is 5.56 Å². The third-order valence-electron chi connectivity index (χ3n) is 4.82. The van der Waals surface area contributed by atoms with Gasteiger partial charge in [-0.15, -0.1) is 0 Å². The Morgan fingerprint density at radius 3 is 2.79 bits per heavy atom. The molecular weight excluding hydrogens is 379 g/mol. The van der Waals surface area contributed by atoms with Gasteiger partial charge in [0, 0.05) is 13.0 Å². The summed E-state index contributed by atoms with van der Waals surface area (Å²) in [4.78, 5) is 40.2. The molecule has 1 aliphatic heterocycles. The molecule has 2 amide bonds. The lowest BCUT2D eigenvalue weighted by atomic mass is 10.2. The molecular formula is C19H19FN6O3. The molecule has 0 radical (unpaired) electrons. The molecule has 1 aliphatic rings. The molecule has 1 atom stereocenters. The lowest BCUT2D eigenvalue weighted by Crippen LogP contribution is -2.42. The molecule has 3 heterocycles. The van der Waals surface area contributed by atoms with Gasteiger partial charge in [-0.25, -0.2) is 14.1 Å². The molecule has 0 saturated carbocycles. The molecule has 1 fully saturated rings. The Morgan fingerprint density at radius 1 is 1.28 bits per heavy atom. The third kappa shape index (κ3) is 4.00. The Hall–Kier alpha value is -3.56. The van der Waals surface area contributed by atoms with Crippen molar-refractivity contribution in [2.45, 2.75) is 32.0 Å². The number of carbonyl (C=O) groups is 2. The number of fused-ring (bicyclic) bond motifs is 1. The van der Waals surface area contributed by atoms with E-state index in [1.807, 2.05) is 0 Å². The number of amides is 2. The van der Waals surface area contributed by atoms with Crippen molar-refractivity contribution in [2.75, 3.05) is 6.54 Å². The highest BCUT2D eigenvalue weighted by Crippen LogP contribution is 2.09. The van der Waals surface area contributed by atoms with Crippen LogP contribution in [0.3, 0.4) is 0 Å². The smallest absolute Gasteiger partial charge is 0.264 e. The van der Waals surface area contributed by atoms with Gasteiger partial charge in [-0.05, 0) is 24.1 Å². The zero-order chi connectivity index (χ0) is 20.4. The Labute approximate surface area is 164 Å². The maximum atomic E-state index is 13.0. The number of nitrogens with zero attached hydrogens (tertiary/aromatic N) is 4. The number of halogens is 1. The fraction of sp³-hybridized carbons (Fsp3) is 0.316. The van der Waals surface area contributed by atoms with Crippen molar-refractivity contribution in [1.29, 1.82) is 0 Å². The molecule has 2 N–H and O–H groups in total. The van der Waals surface area contributed by atoms with E-state index >= 15 is 0 Å². The summed E-state index contributed by atoms with van der Waals surface area (Å²) in [5, 5.41) is 9.93. The Bertz CT molecular complexity index is 1120. The number of aromatic nitrogens is 4. The highest BCUT2D eigenvalue weighted by Gasteiger charge is 2.26. The van der Waals surface area contributed by atoms with Gasteiger partial charge in [-0.2, -0.15) is 5.10 Å². The molecule has 10 heteroatoms. The van der Waals surface area contributed by atoms with Gasteiger partial charge in [-0.3, -0.25) is 19.0 Å². The lowest BCUT2D eigenvalue weighted by molar-refractivity contribution is -0.125. The Morgan fingerprint density at radius 2 is 2.07 bits per heavy atom. The highest BCUT2D eigenvalue weighted by atomic mass is 19.1. The first-order valence-electron chi connectivity index (χ1n) is 9.24. The summed E-state index contributed by atoms with van der Waals surface area (Å²) in [5.74, 6) is -0.690. The topological polar surface area (TPSA) is 111 Å². The van der Waals surface area contributed by atoms with Crippen molar-refractivity contribution in [3.05, 3.63) is 58.5 Å². The van der Waals surface area contributed by atoms with Crippen molar-refractivity contribution in [1.82, 2.24) is 30.0 Å². The predicted octanol–water partition coefficient (Wildman–Crippen LogP) is 0.175. The summed E-state index contributed by atoms with van der Waals surface area (Å²) < 4.78 is 16.0. The molecule has 4 rings (SSSR count). The van der Waals surface area contributed by atoms with Crippen LogP contribution < -0.4 is 16.2 Å².